The zero-order valence-corrected chi connectivity index (χ0v) is 11.6. The van der Waals surface area contributed by atoms with E-state index in [4.69, 9.17) is 10.5 Å². The molecule has 1 aromatic carbocycles. The molecule has 19 heavy (non-hydrogen) atoms. The number of anilines is 1. The van der Waals surface area contributed by atoms with Crippen LogP contribution in [0.2, 0.25) is 0 Å². The van der Waals surface area contributed by atoms with Gasteiger partial charge in [-0.25, -0.2) is 9.67 Å². The summed E-state index contributed by atoms with van der Waals surface area (Å²) < 4.78 is 7.44. The number of aryl methyl sites for hydroxylation is 1. The first-order chi connectivity index (χ1) is 9.04. The highest BCUT2D eigenvalue weighted by molar-refractivity contribution is 5.41. The van der Waals surface area contributed by atoms with Crippen LogP contribution in [0.25, 0.3) is 0 Å². The van der Waals surface area contributed by atoms with E-state index in [-0.39, 0.29) is 0 Å². The highest BCUT2D eigenvalue weighted by atomic mass is 16.5. The van der Waals surface area contributed by atoms with Crippen LogP contribution in [0.4, 0.5) is 5.69 Å². The van der Waals surface area contributed by atoms with Crippen molar-refractivity contribution in [3.63, 3.8) is 0 Å². The lowest BCUT2D eigenvalue weighted by molar-refractivity contribution is 0.290. The number of nitrogen functional groups attached to an aromatic ring is 1. The Kier molecular flexibility index (Phi) is 4.04. The molecule has 5 heteroatoms. The first-order valence-electron chi connectivity index (χ1n) is 6.41. The minimum atomic E-state index is 0.408. The summed E-state index contributed by atoms with van der Waals surface area (Å²) >= 11 is 0. The lowest BCUT2D eigenvalue weighted by Gasteiger charge is -2.05. The van der Waals surface area contributed by atoms with Crippen molar-refractivity contribution in [2.75, 3.05) is 5.73 Å². The van der Waals surface area contributed by atoms with Crippen molar-refractivity contribution >= 4 is 5.69 Å². The summed E-state index contributed by atoms with van der Waals surface area (Å²) in [5, 5.41) is 4.38. The maximum Gasteiger partial charge on any atom is 0.164 e. The maximum atomic E-state index is 5.67. The smallest absolute Gasteiger partial charge is 0.164 e. The highest BCUT2D eigenvalue weighted by Crippen LogP contribution is 2.14. The fourth-order valence-electron chi connectivity index (χ4n) is 1.76. The van der Waals surface area contributed by atoms with Crippen LogP contribution >= 0.6 is 0 Å². The van der Waals surface area contributed by atoms with Crippen molar-refractivity contribution in [1.29, 1.82) is 0 Å². The van der Waals surface area contributed by atoms with Gasteiger partial charge >= 0.3 is 0 Å². The molecule has 0 aliphatic heterocycles. The third-order valence-electron chi connectivity index (χ3n) is 2.74. The van der Waals surface area contributed by atoms with Crippen molar-refractivity contribution in [3.8, 4) is 5.75 Å². The Bertz CT molecular complexity index is 531. The summed E-state index contributed by atoms with van der Waals surface area (Å²) in [5.74, 6) is 3.02. The van der Waals surface area contributed by atoms with Gasteiger partial charge in [0.15, 0.2) is 11.6 Å². The van der Waals surface area contributed by atoms with Crippen LogP contribution in [0.1, 0.15) is 25.5 Å². The zero-order valence-electron chi connectivity index (χ0n) is 11.6. The predicted molar refractivity (Wildman–Crippen MR) is 74.7 cm³/mol. The van der Waals surface area contributed by atoms with Crippen LogP contribution in [0.3, 0.4) is 0 Å². The molecule has 0 aliphatic rings. The second kappa shape index (κ2) is 5.73. The molecule has 0 aliphatic carbocycles. The molecule has 2 N–H and O–H groups in total. The van der Waals surface area contributed by atoms with E-state index in [1.807, 2.05) is 31.3 Å². The van der Waals surface area contributed by atoms with Gasteiger partial charge in [-0.3, -0.25) is 0 Å². The number of aromatic nitrogens is 3. The van der Waals surface area contributed by atoms with Crippen molar-refractivity contribution < 1.29 is 4.74 Å². The number of nitrogens with zero attached hydrogens (tertiary/aromatic N) is 3. The zero-order chi connectivity index (χ0) is 13.8. The number of hydrogen-bond donors (Lipinski definition) is 1. The molecule has 0 unspecified atom stereocenters. The summed E-state index contributed by atoms with van der Waals surface area (Å²) in [7, 11) is 1.89. The van der Waals surface area contributed by atoms with Gasteiger partial charge in [-0.15, -0.1) is 0 Å². The summed E-state index contributed by atoms with van der Waals surface area (Å²) in [6, 6.07) is 7.33. The molecular formula is C14H20N4O. The van der Waals surface area contributed by atoms with Gasteiger partial charge in [0.2, 0.25) is 0 Å². The Morgan fingerprint density at radius 1 is 1.26 bits per heavy atom. The molecule has 0 saturated carbocycles. The second-order valence-electron chi connectivity index (χ2n) is 5.02. The normalized spacial score (nSPS) is 10.9. The van der Waals surface area contributed by atoms with Crippen LogP contribution in [-0.4, -0.2) is 14.8 Å². The predicted octanol–water partition coefficient (Wildman–Crippen LogP) is 2.17. The Morgan fingerprint density at radius 2 is 1.95 bits per heavy atom. The quantitative estimate of drug-likeness (QED) is 0.837. The first kappa shape index (κ1) is 13.4. The lowest BCUT2D eigenvalue weighted by Crippen LogP contribution is -2.04. The Hall–Kier alpha value is -2.04. The number of rotatable bonds is 5. The number of benzene rings is 1. The molecule has 0 fully saturated rings. The van der Waals surface area contributed by atoms with Gasteiger partial charge in [0.1, 0.15) is 12.4 Å². The van der Waals surface area contributed by atoms with Crippen molar-refractivity contribution in [2.45, 2.75) is 26.9 Å². The van der Waals surface area contributed by atoms with Gasteiger partial charge in [0.05, 0.1) is 0 Å². The molecular weight excluding hydrogens is 240 g/mol. The fraction of sp³-hybridized carbons (Fsp3) is 0.429. The van der Waals surface area contributed by atoms with Gasteiger partial charge in [-0.05, 0) is 30.2 Å². The van der Waals surface area contributed by atoms with E-state index in [9.17, 15) is 0 Å². The van der Waals surface area contributed by atoms with E-state index in [0.717, 1.165) is 29.5 Å². The number of nitrogens with two attached hydrogens (primary N) is 1. The van der Waals surface area contributed by atoms with Crippen LogP contribution < -0.4 is 10.5 Å². The molecule has 102 valence electrons. The van der Waals surface area contributed by atoms with Crippen LogP contribution in [0, 0.1) is 5.92 Å². The van der Waals surface area contributed by atoms with Gasteiger partial charge in [-0.1, -0.05) is 13.8 Å². The minimum Gasteiger partial charge on any atom is -0.486 e. The Balaban J connectivity index is 1.99. The van der Waals surface area contributed by atoms with E-state index in [1.165, 1.54) is 0 Å². The summed E-state index contributed by atoms with van der Waals surface area (Å²) in [4.78, 5) is 4.48. The lowest BCUT2D eigenvalue weighted by atomic mass is 10.1. The largest absolute Gasteiger partial charge is 0.486 e. The minimum absolute atomic E-state index is 0.408. The molecule has 0 amide bonds. The number of hydrogen-bond acceptors (Lipinski definition) is 4. The van der Waals surface area contributed by atoms with Crippen LogP contribution in [-0.2, 0) is 20.1 Å². The highest BCUT2D eigenvalue weighted by Gasteiger charge is 2.09. The Morgan fingerprint density at radius 3 is 2.58 bits per heavy atom. The average Bonchev–Trinajstić information content (AvgIpc) is 2.68. The maximum absolute atomic E-state index is 5.67. The molecule has 0 atom stereocenters. The van der Waals surface area contributed by atoms with E-state index >= 15 is 0 Å². The molecule has 0 spiro atoms. The standard InChI is InChI=1S/C14H20N4O/c1-10(2)8-13-16-14(18(3)17-13)9-19-12-6-4-11(15)5-7-12/h4-7,10H,8-9,15H2,1-3H3. The fourth-order valence-corrected chi connectivity index (χ4v) is 1.76. The Labute approximate surface area is 113 Å². The molecule has 0 bridgehead atoms. The third kappa shape index (κ3) is 3.71. The van der Waals surface area contributed by atoms with Gasteiger partial charge in [0, 0.05) is 19.2 Å². The summed E-state index contributed by atoms with van der Waals surface area (Å²) in [6.45, 7) is 4.72. The van der Waals surface area contributed by atoms with E-state index in [1.54, 1.807) is 4.68 Å². The summed E-state index contributed by atoms with van der Waals surface area (Å²) in [6.07, 6.45) is 0.885. The van der Waals surface area contributed by atoms with E-state index in [0.29, 0.717) is 12.5 Å². The number of ether oxygens (including phenoxy) is 1. The van der Waals surface area contributed by atoms with E-state index < -0.39 is 0 Å². The average molecular weight is 260 g/mol. The molecule has 0 radical (unpaired) electrons. The molecule has 5 nitrogen and oxygen atoms in total. The monoisotopic (exact) mass is 260 g/mol. The van der Waals surface area contributed by atoms with Crippen LogP contribution in [0.5, 0.6) is 5.75 Å². The van der Waals surface area contributed by atoms with Crippen molar-refractivity contribution in [2.24, 2.45) is 13.0 Å². The van der Waals surface area contributed by atoms with Gasteiger partial charge < -0.3 is 10.5 Å². The third-order valence-corrected chi connectivity index (χ3v) is 2.74. The molecule has 2 rings (SSSR count). The molecule has 1 heterocycles. The molecule has 0 saturated heterocycles. The SMILES string of the molecule is CC(C)Cc1nc(COc2ccc(N)cc2)n(C)n1. The first-order valence-corrected chi connectivity index (χ1v) is 6.41. The topological polar surface area (TPSA) is 66.0 Å². The molecule has 2 aromatic rings. The van der Waals surface area contributed by atoms with Gasteiger partial charge in [-0.2, -0.15) is 5.10 Å². The van der Waals surface area contributed by atoms with Gasteiger partial charge in [0.25, 0.3) is 0 Å². The second-order valence-corrected chi connectivity index (χ2v) is 5.02. The van der Waals surface area contributed by atoms with E-state index in [2.05, 4.69) is 23.9 Å². The van der Waals surface area contributed by atoms with Crippen molar-refractivity contribution in [1.82, 2.24) is 14.8 Å². The summed E-state index contributed by atoms with van der Waals surface area (Å²) in [5.41, 5.74) is 6.35. The van der Waals surface area contributed by atoms with Crippen LogP contribution in [0.15, 0.2) is 24.3 Å². The van der Waals surface area contributed by atoms with Crippen molar-refractivity contribution in [3.05, 3.63) is 35.9 Å². The molecule has 1 aromatic heterocycles.